The third-order valence-corrected chi connectivity index (χ3v) is 6.30. The lowest BCUT2D eigenvalue weighted by atomic mass is 10.1. The number of quaternary nitrogens is 1. The highest BCUT2D eigenvalue weighted by molar-refractivity contribution is 7.99. The van der Waals surface area contributed by atoms with Crippen LogP contribution < -0.4 is 4.90 Å². The van der Waals surface area contributed by atoms with Crippen LogP contribution in [0.1, 0.15) is 5.82 Å². The van der Waals surface area contributed by atoms with Crippen LogP contribution in [0.25, 0.3) is 21.3 Å². The molecule has 5 nitrogen and oxygen atoms in total. The molecule has 2 aromatic heterocycles. The van der Waals surface area contributed by atoms with Gasteiger partial charge in [-0.25, -0.2) is 9.97 Å². The second-order valence-corrected chi connectivity index (χ2v) is 8.19. The lowest BCUT2D eigenvalue weighted by molar-refractivity contribution is -0.922. The van der Waals surface area contributed by atoms with Gasteiger partial charge in [-0.05, 0) is 5.56 Å². The number of thiophene rings is 1. The Morgan fingerprint density at radius 2 is 1.96 bits per heavy atom. The van der Waals surface area contributed by atoms with Crippen molar-refractivity contribution in [3.63, 3.8) is 0 Å². The van der Waals surface area contributed by atoms with Gasteiger partial charge in [0.2, 0.25) is 0 Å². The molecule has 7 heteroatoms. The topological polar surface area (TPSA) is 59.7 Å². The summed E-state index contributed by atoms with van der Waals surface area (Å²) in [7, 11) is 0. The Hall–Kier alpha value is -1.51. The number of aromatic nitrogens is 2. The molecule has 0 bridgehead atoms. The van der Waals surface area contributed by atoms with Crippen LogP contribution in [0.2, 0.25) is 0 Å². The molecule has 1 aromatic carbocycles. The summed E-state index contributed by atoms with van der Waals surface area (Å²) in [6.45, 7) is 4.58. The zero-order chi connectivity index (χ0) is 17.8. The third kappa shape index (κ3) is 3.92. The highest BCUT2D eigenvalue weighted by atomic mass is 32.2. The number of hydrogen-bond donors (Lipinski definition) is 2. The van der Waals surface area contributed by atoms with Crippen LogP contribution in [0.3, 0.4) is 0 Å². The number of aliphatic hydroxyl groups is 1. The number of fused-ring (bicyclic) bond motifs is 1. The first-order chi connectivity index (χ1) is 12.8. The molecule has 1 aliphatic heterocycles. The summed E-state index contributed by atoms with van der Waals surface area (Å²) in [5.41, 5.74) is 2.36. The van der Waals surface area contributed by atoms with Gasteiger partial charge in [0.05, 0.1) is 25.2 Å². The van der Waals surface area contributed by atoms with Crippen molar-refractivity contribution < 1.29 is 14.7 Å². The van der Waals surface area contributed by atoms with Crippen molar-refractivity contribution in [3.8, 4) is 11.1 Å². The van der Waals surface area contributed by atoms with E-state index < -0.39 is 0 Å². The maximum absolute atomic E-state index is 9.29. The van der Waals surface area contributed by atoms with Gasteiger partial charge in [-0.1, -0.05) is 30.3 Å². The molecule has 26 heavy (non-hydrogen) atoms. The fourth-order valence-corrected chi connectivity index (χ4v) is 5.00. The van der Waals surface area contributed by atoms with Crippen LogP contribution in [-0.4, -0.2) is 53.7 Å². The fraction of sp³-hybridized carbons (Fsp3) is 0.368. The molecule has 0 atom stereocenters. The van der Waals surface area contributed by atoms with E-state index in [-0.39, 0.29) is 6.61 Å². The molecule has 136 valence electrons. The summed E-state index contributed by atoms with van der Waals surface area (Å²) in [4.78, 5) is 12.2. The maximum Gasteiger partial charge on any atom is 0.186 e. The van der Waals surface area contributed by atoms with E-state index in [9.17, 15) is 5.11 Å². The lowest BCUT2D eigenvalue weighted by Gasteiger charge is -2.23. The molecule has 0 unspecified atom stereocenters. The normalized spacial score (nSPS) is 15.6. The van der Waals surface area contributed by atoms with E-state index in [1.807, 2.05) is 6.07 Å². The van der Waals surface area contributed by atoms with Gasteiger partial charge in [0.15, 0.2) is 5.82 Å². The quantitative estimate of drug-likeness (QED) is 0.499. The van der Waals surface area contributed by atoms with Crippen molar-refractivity contribution in [1.29, 1.82) is 0 Å². The van der Waals surface area contributed by atoms with Crippen molar-refractivity contribution in [2.75, 3.05) is 38.7 Å². The van der Waals surface area contributed by atoms with Gasteiger partial charge in [0.25, 0.3) is 0 Å². The first kappa shape index (κ1) is 17.9. The number of thioether (sulfide) groups is 1. The van der Waals surface area contributed by atoms with E-state index in [0.717, 1.165) is 53.9 Å². The van der Waals surface area contributed by atoms with Gasteiger partial charge in [0, 0.05) is 16.7 Å². The Morgan fingerprint density at radius 3 is 2.73 bits per heavy atom. The van der Waals surface area contributed by atoms with Gasteiger partial charge in [0.1, 0.15) is 29.5 Å². The van der Waals surface area contributed by atoms with Crippen molar-refractivity contribution in [1.82, 2.24) is 9.97 Å². The Labute approximate surface area is 161 Å². The standard InChI is InChI=1S/C19H21N3O2S2/c23-8-11-25-18-17-15(14-4-2-1-3-5-14)13-26-19(17)21-16(20-18)12-22-6-9-24-10-7-22/h1-5,13,23H,6-12H2/p+1. The molecule has 0 saturated carbocycles. The summed E-state index contributed by atoms with van der Waals surface area (Å²) in [6.07, 6.45) is 0. The number of aliphatic hydroxyl groups excluding tert-OH is 1. The SMILES string of the molecule is OCCSc1nc(C[NH+]2CCOCC2)nc2scc(-c3ccccc3)c12. The van der Waals surface area contributed by atoms with Gasteiger partial charge in [-0.3, -0.25) is 0 Å². The van der Waals surface area contributed by atoms with E-state index in [1.165, 1.54) is 16.0 Å². The minimum Gasteiger partial charge on any atom is -0.396 e. The predicted octanol–water partition coefficient (Wildman–Crippen LogP) is 1.86. The molecule has 0 radical (unpaired) electrons. The minimum absolute atomic E-state index is 0.144. The molecule has 0 amide bonds. The van der Waals surface area contributed by atoms with E-state index >= 15 is 0 Å². The lowest BCUT2D eigenvalue weighted by Crippen LogP contribution is -3.12. The van der Waals surface area contributed by atoms with Gasteiger partial charge >= 0.3 is 0 Å². The maximum atomic E-state index is 9.29. The number of hydrogen-bond acceptors (Lipinski definition) is 6. The first-order valence-corrected chi connectivity index (χ1v) is 10.7. The number of nitrogens with zero attached hydrogens (tertiary/aromatic N) is 2. The van der Waals surface area contributed by atoms with Crippen LogP contribution in [0.4, 0.5) is 0 Å². The average molecular weight is 389 g/mol. The van der Waals surface area contributed by atoms with Crippen LogP contribution in [0.5, 0.6) is 0 Å². The molecule has 1 fully saturated rings. The highest BCUT2D eigenvalue weighted by Gasteiger charge is 2.20. The van der Waals surface area contributed by atoms with Crippen molar-refractivity contribution in [2.45, 2.75) is 11.6 Å². The van der Waals surface area contributed by atoms with E-state index in [1.54, 1.807) is 23.1 Å². The summed E-state index contributed by atoms with van der Waals surface area (Å²) in [5, 5.41) is 13.5. The Bertz CT molecular complexity index is 864. The second-order valence-electron chi connectivity index (χ2n) is 6.25. The third-order valence-electron chi connectivity index (χ3n) is 4.47. The molecule has 0 spiro atoms. The zero-order valence-electron chi connectivity index (χ0n) is 14.5. The predicted molar refractivity (Wildman–Crippen MR) is 106 cm³/mol. The molecule has 3 heterocycles. The van der Waals surface area contributed by atoms with Crippen LogP contribution in [-0.2, 0) is 11.3 Å². The molecule has 0 aliphatic carbocycles. The van der Waals surface area contributed by atoms with Gasteiger partial charge in [-0.15, -0.1) is 23.1 Å². The van der Waals surface area contributed by atoms with Crippen LogP contribution >= 0.6 is 23.1 Å². The largest absolute Gasteiger partial charge is 0.396 e. The van der Waals surface area contributed by atoms with Crippen molar-refractivity contribution in [3.05, 3.63) is 41.5 Å². The summed E-state index contributed by atoms with van der Waals surface area (Å²) >= 11 is 3.28. The van der Waals surface area contributed by atoms with E-state index in [4.69, 9.17) is 14.7 Å². The smallest absolute Gasteiger partial charge is 0.186 e. The Balaban J connectivity index is 1.72. The molecule has 2 N–H and O–H groups in total. The molecular weight excluding hydrogens is 366 g/mol. The van der Waals surface area contributed by atoms with Crippen molar-refractivity contribution >= 4 is 33.3 Å². The average Bonchev–Trinajstić information content (AvgIpc) is 3.12. The monoisotopic (exact) mass is 388 g/mol. The van der Waals surface area contributed by atoms with Gasteiger partial charge < -0.3 is 14.7 Å². The fourth-order valence-electron chi connectivity index (χ4n) is 3.17. The van der Waals surface area contributed by atoms with Gasteiger partial charge in [-0.2, -0.15) is 0 Å². The number of ether oxygens (including phenoxy) is 1. The highest BCUT2D eigenvalue weighted by Crippen LogP contribution is 2.38. The zero-order valence-corrected chi connectivity index (χ0v) is 16.1. The second kappa shape index (κ2) is 8.45. The van der Waals surface area contributed by atoms with Crippen molar-refractivity contribution in [2.24, 2.45) is 0 Å². The van der Waals surface area contributed by atoms with E-state index in [2.05, 4.69) is 29.6 Å². The Morgan fingerprint density at radius 1 is 1.15 bits per heavy atom. The molecule has 1 aliphatic rings. The Kier molecular flexibility index (Phi) is 5.81. The van der Waals surface area contributed by atoms with Crippen LogP contribution in [0.15, 0.2) is 40.7 Å². The molecule has 3 aromatic rings. The summed E-state index contributed by atoms with van der Waals surface area (Å²) in [6, 6.07) is 10.4. The summed E-state index contributed by atoms with van der Waals surface area (Å²) in [5.74, 6) is 1.52. The number of morpholine rings is 1. The summed E-state index contributed by atoms with van der Waals surface area (Å²) < 4.78 is 5.45. The van der Waals surface area contributed by atoms with Crippen LogP contribution in [0, 0.1) is 0 Å². The first-order valence-electron chi connectivity index (χ1n) is 8.83. The van der Waals surface area contributed by atoms with E-state index in [0.29, 0.717) is 5.75 Å². The molecule has 4 rings (SSSR count). The molecule has 1 saturated heterocycles. The molecular formula is C19H22N3O2S2+. The number of nitrogens with one attached hydrogen (secondary N) is 1. The number of benzene rings is 1. The number of rotatable bonds is 6. The minimum atomic E-state index is 0.144.